The van der Waals surface area contributed by atoms with Gasteiger partial charge in [-0.2, -0.15) is 4.98 Å². The second-order valence-corrected chi connectivity index (χ2v) is 8.92. The highest BCUT2D eigenvalue weighted by molar-refractivity contribution is 5.76. The molecule has 0 saturated carbocycles. The van der Waals surface area contributed by atoms with Crippen molar-refractivity contribution >= 4 is 5.91 Å². The summed E-state index contributed by atoms with van der Waals surface area (Å²) in [7, 11) is 0. The number of amides is 1. The third-order valence-corrected chi connectivity index (χ3v) is 6.39. The summed E-state index contributed by atoms with van der Waals surface area (Å²) in [4.78, 5) is 19.6. The third-order valence-electron chi connectivity index (χ3n) is 6.39. The number of aryl methyl sites for hydroxylation is 1. The third kappa shape index (κ3) is 6.44. The van der Waals surface area contributed by atoms with E-state index in [0.29, 0.717) is 37.7 Å². The van der Waals surface area contributed by atoms with Crippen LogP contribution in [-0.2, 0) is 11.2 Å². The summed E-state index contributed by atoms with van der Waals surface area (Å²) in [5.74, 6) is 2.54. The van der Waals surface area contributed by atoms with Crippen LogP contribution in [0.4, 0.5) is 0 Å². The zero-order valence-corrected chi connectivity index (χ0v) is 20.1. The number of piperidine rings is 1. The van der Waals surface area contributed by atoms with Crippen molar-refractivity contribution in [1.29, 1.82) is 0 Å². The van der Waals surface area contributed by atoms with Gasteiger partial charge in [0.15, 0.2) is 0 Å². The first-order valence-electron chi connectivity index (χ1n) is 12.2. The van der Waals surface area contributed by atoms with Gasteiger partial charge in [-0.05, 0) is 68.6 Å². The minimum Gasteiger partial charge on any atom is -0.494 e. The van der Waals surface area contributed by atoms with Crippen LogP contribution in [0.2, 0.25) is 0 Å². The van der Waals surface area contributed by atoms with E-state index in [4.69, 9.17) is 9.26 Å². The van der Waals surface area contributed by atoms with E-state index in [0.717, 1.165) is 30.3 Å². The van der Waals surface area contributed by atoms with Gasteiger partial charge in [-0.3, -0.25) is 9.69 Å². The summed E-state index contributed by atoms with van der Waals surface area (Å²) in [5.41, 5.74) is 2.10. The summed E-state index contributed by atoms with van der Waals surface area (Å²) in [6.07, 6.45) is 3.12. The minimum absolute atomic E-state index is 0.00729. The van der Waals surface area contributed by atoms with Crippen LogP contribution in [0.3, 0.4) is 0 Å². The van der Waals surface area contributed by atoms with Gasteiger partial charge in [0.05, 0.1) is 12.6 Å². The second kappa shape index (κ2) is 11.8. The van der Waals surface area contributed by atoms with E-state index >= 15 is 0 Å². The molecular weight excluding hydrogens is 428 g/mol. The van der Waals surface area contributed by atoms with Gasteiger partial charge in [-0.1, -0.05) is 42.4 Å². The lowest BCUT2D eigenvalue weighted by Gasteiger charge is -2.37. The molecule has 2 aromatic carbocycles. The summed E-state index contributed by atoms with van der Waals surface area (Å²) >= 11 is 0. The van der Waals surface area contributed by atoms with E-state index in [-0.39, 0.29) is 11.9 Å². The smallest absolute Gasteiger partial charge is 0.227 e. The van der Waals surface area contributed by atoms with Crippen LogP contribution in [0.5, 0.6) is 5.75 Å². The molecule has 180 valence electrons. The van der Waals surface area contributed by atoms with Crippen molar-refractivity contribution in [1.82, 2.24) is 20.4 Å². The second-order valence-electron chi connectivity index (χ2n) is 8.92. The molecule has 0 radical (unpaired) electrons. The Labute approximate surface area is 201 Å². The maximum Gasteiger partial charge on any atom is 0.227 e. The van der Waals surface area contributed by atoms with E-state index in [2.05, 4.69) is 51.5 Å². The van der Waals surface area contributed by atoms with E-state index in [9.17, 15) is 4.79 Å². The van der Waals surface area contributed by atoms with Crippen LogP contribution >= 0.6 is 0 Å². The molecule has 1 aliphatic rings. The normalized spacial score (nSPS) is 15.7. The van der Waals surface area contributed by atoms with Crippen molar-refractivity contribution in [2.24, 2.45) is 5.92 Å². The summed E-state index contributed by atoms with van der Waals surface area (Å²) in [6, 6.07) is 18.2. The molecule has 34 heavy (non-hydrogen) atoms. The van der Waals surface area contributed by atoms with Gasteiger partial charge in [0, 0.05) is 24.9 Å². The predicted octanol–water partition coefficient (Wildman–Crippen LogP) is 4.66. The number of nitrogens with one attached hydrogen (secondary N) is 1. The number of likely N-dealkylation sites (tertiary alicyclic amines) is 1. The lowest BCUT2D eigenvalue weighted by Crippen LogP contribution is -2.42. The topological polar surface area (TPSA) is 80.5 Å². The number of nitrogens with zero attached hydrogens (tertiary/aromatic N) is 3. The Morgan fingerprint density at radius 3 is 2.59 bits per heavy atom. The number of rotatable bonds is 10. The molecule has 7 heteroatoms. The zero-order chi connectivity index (χ0) is 23.8. The molecule has 1 fully saturated rings. The number of carbonyl (C=O) groups is 1. The molecule has 0 spiro atoms. The quantitative estimate of drug-likeness (QED) is 0.472. The molecule has 1 saturated heterocycles. The molecule has 2 heterocycles. The maximum absolute atomic E-state index is 12.6. The van der Waals surface area contributed by atoms with Crippen molar-refractivity contribution in [2.45, 2.75) is 45.6 Å². The molecule has 7 nitrogen and oxygen atoms in total. The molecule has 4 rings (SSSR count). The van der Waals surface area contributed by atoms with Crippen LogP contribution in [-0.4, -0.2) is 47.2 Å². The van der Waals surface area contributed by atoms with Crippen LogP contribution in [0.25, 0.3) is 11.4 Å². The van der Waals surface area contributed by atoms with Gasteiger partial charge < -0.3 is 14.6 Å². The fraction of sp³-hybridized carbons (Fsp3) is 0.444. The fourth-order valence-electron chi connectivity index (χ4n) is 4.33. The van der Waals surface area contributed by atoms with E-state index in [1.807, 2.05) is 37.3 Å². The Morgan fingerprint density at radius 2 is 1.88 bits per heavy atom. The molecule has 1 unspecified atom stereocenters. The van der Waals surface area contributed by atoms with Crippen LogP contribution < -0.4 is 10.1 Å². The van der Waals surface area contributed by atoms with Gasteiger partial charge >= 0.3 is 0 Å². The standard InChI is InChI=1S/C27H34N4O3/c1-3-33-23-11-9-22(10-12-23)27-29-26(34-30-27)14-13-25(32)28-19-24(21-7-5-4-6-8-21)31-17-15-20(2)16-18-31/h4-12,20,24H,3,13-19H2,1-2H3,(H,28,32). The Kier molecular flexibility index (Phi) is 8.31. The van der Waals surface area contributed by atoms with Gasteiger partial charge in [0.2, 0.25) is 17.6 Å². The van der Waals surface area contributed by atoms with E-state index in [1.165, 1.54) is 18.4 Å². The van der Waals surface area contributed by atoms with Crippen LogP contribution in [0.15, 0.2) is 59.1 Å². The first kappa shape index (κ1) is 24.0. The lowest BCUT2D eigenvalue weighted by molar-refractivity contribution is -0.121. The number of ether oxygens (including phenoxy) is 1. The van der Waals surface area contributed by atoms with Crippen LogP contribution in [0, 0.1) is 5.92 Å². The molecular formula is C27H34N4O3. The predicted molar refractivity (Wildman–Crippen MR) is 131 cm³/mol. The summed E-state index contributed by atoms with van der Waals surface area (Å²) in [5, 5.41) is 7.19. The van der Waals surface area contributed by atoms with Crippen molar-refractivity contribution < 1.29 is 14.1 Å². The van der Waals surface area contributed by atoms with E-state index in [1.54, 1.807) is 0 Å². The Hall–Kier alpha value is -3.19. The molecule has 1 aliphatic heterocycles. The molecule has 1 atom stereocenters. The number of aromatic nitrogens is 2. The zero-order valence-electron chi connectivity index (χ0n) is 20.1. The van der Waals surface area contributed by atoms with Crippen molar-refractivity contribution in [3.8, 4) is 17.1 Å². The van der Waals surface area contributed by atoms with Crippen molar-refractivity contribution in [3.63, 3.8) is 0 Å². The van der Waals surface area contributed by atoms with Gasteiger partial charge in [-0.15, -0.1) is 0 Å². The molecule has 0 bridgehead atoms. The molecule has 0 aliphatic carbocycles. The molecule has 1 N–H and O–H groups in total. The highest BCUT2D eigenvalue weighted by atomic mass is 16.5. The average Bonchev–Trinajstić information content (AvgIpc) is 3.34. The summed E-state index contributed by atoms with van der Waals surface area (Å²) in [6.45, 7) is 7.61. The fourth-order valence-corrected chi connectivity index (χ4v) is 4.33. The highest BCUT2D eigenvalue weighted by Gasteiger charge is 2.25. The highest BCUT2D eigenvalue weighted by Crippen LogP contribution is 2.26. The average molecular weight is 463 g/mol. The molecule has 1 amide bonds. The maximum atomic E-state index is 12.6. The number of hydrogen-bond acceptors (Lipinski definition) is 6. The lowest BCUT2D eigenvalue weighted by atomic mass is 9.95. The molecule has 3 aromatic rings. The number of hydrogen-bond donors (Lipinski definition) is 1. The number of benzene rings is 2. The van der Waals surface area contributed by atoms with Crippen molar-refractivity contribution in [2.75, 3.05) is 26.2 Å². The minimum atomic E-state index is -0.00729. The Morgan fingerprint density at radius 1 is 1.15 bits per heavy atom. The molecule has 1 aromatic heterocycles. The van der Waals surface area contributed by atoms with E-state index < -0.39 is 0 Å². The first-order chi connectivity index (χ1) is 16.6. The van der Waals surface area contributed by atoms with Crippen LogP contribution in [0.1, 0.15) is 50.6 Å². The number of carbonyl (C=O) groups excluding carboxylic acids is 1. The first-order valence-corrected chi connectivity index (χ1v) is 12.2. The SMILES string of the molecule is CCOc1ccc(-c2noc(CCC(=O)NCC(c3ccccc3)N3CCC(C)CC3)n2)cc1. The van der Waals surface area contributed by atoms with Crippen molar-refractivity contribution in [3.05, 3.63) is 66.1 Å². The van der Waals surface area contributed by atoms with Gasteiger partial charge in [0.1, 0.15) is 5.75 Å². The summed E-state index contributed by atoms with van der Waals surface area (Å²) < 4.78 is 10.8. The van der Waals surface area contributed by atoms with Gasteiger partial charge in [-0.25, -0.2) is 0 Å². The Balaban J connectivity index is 1.30. The van der Waals surface area contributed by atoms with Gasteiger partial charge in [0.25, 0.3) is 0 Å². The Bertz CT molecular complexity index is 1030. The monoisotopic (exact) mass is 462 g/mol. The largest absolute Gasteiger partial charge is 0.494 e.